The van der Waals surface area contributed by atoms with E-state index in [9.17, 15) is 4.79 Å². The van der Waals surface area contributed by atoms with Crippen LogP contribution in [0.15, 0.2) is 18.2 Å². The molecule has 1 aromatic carbocycles. The lowest BCUT2D eigenvalue weighted by Crippen LogP contribution is -2.13. The minimum atomic E-state index is 0.0273. The molecule has 2 rings (SSSR count). The SMILES string of the molecule is CC(C)CC(=O)Nc1ccc2c(c1)OCCCO2. The lowest BCUT2D eigenvalue weighted by atomic mass is 10.1. The third-order valence-corrected chi connectivity index (χ3v) is 2.62. The van der Waals surface area contributed by atoms with Crippen LogP contribution >= 0.6 is 0 Å². The van der Waals surface area contributed by atoms with E-state index in [2.05, 4.69) is 5.32 Å². The van der Waals surface area contributed by atoms with Gasteiger partial charge in [-0.05, 0) is 18.1 Å². The maximum Gasteiger partial charge on any atom is 0.224 e. The van der Waals surface area contributed by atoms with Crippen LogP contribution < -0.4 is 14.8 Å². The average molecular weight is 249 g/mol. The van der Waals surface area contributed by atoms with Gasteiger partial charge in [-0.3, -0.25) is 4.79 Å². The third kappa shape index (κ3) is 3.39. The predicted molar refractivity (Wildman–Crippen MR) is 70.1 cm³/mol. The molecule has 18 heavy (non-hydrogen) atoms. The van der Waals surface area contributed by atoms with E-state index in [0.29, 0.717) is 31.3 Å². The van der Waals surface area contributed by atoms with Crippen LogP contribution in [-0.2, 0) is 4.79 Å². The van der Waals surface area contributed by atoms with Gasteiger partial charge in [-0.2, -0.15) is 0 Å². The molecule has 4 nitrogen and oxygen atoms in total. The molecular weight excluding hydrogens is 230 g/mol. The van der Waals surface area contributed by atoms with Gasteiger partial charge in [0.2, 0.25) is 5.91 Å². The normalized spacial score (nSPS) is 14.2. The lowest BCUT2D eigenvalue weighted by Gasteiger charge is -2.11. The first-order valence-electron chi connectivity index (χ1n) is 6.34. The zero-order valence-electron chi connectivity index (χ0n) is 10.9. The molecule has 4 heteroatoms. The van der Waals surface area contributed by atoms with Gasteiger partial charge >= 0.3 is 0 Å². The van der Waals surface area contributed by atoms with Gasteiger partial charge < -0.3 is 14.8 Å². The summed E-state index contributed by atoms with van der Waals surface area (Å²) in [6.45, 7) is 5.36. The number of carbonyl (C=O) groups excluding carboxylic acids is 1. The molecular formula is C14H19NO3. The number of hydrogen-bond donors (Lipinski definition) is 1. The maximum absolute atomic E-state index is 11.7. The number of fused-ring (bicyclic) bond motifs is 1. The Morgan fingerprint density at radius 3 is 2.72 bits per heavy atom. The molecule has 0 bridgehead atoms. The Balaban J connectivity index is 2.06. The van der Waals surface area contributed by atoms with Crippen LogP contribution in [0.5, 0.6) is 11.5 Å². The van der Waals surface area contributed by atoms with Crippen LogP contribution in [0.25, 0.3) is 0 Å². The summed E-state index contributed by atoms with van der Waals surface area (Å²) in [4.78, 5) is 11.7. The molecule has 0 saturated heterocycles. The fourth-order valence-electron chi connectivity index (χ4n) is 1.82. The van der Waals surface area contributed by atoms with Gasteiger partial charge in [0.15, 0.2) is 11.5 Å². The van der Waals surface area contributed by atoms with Gasteiger partial charge in [-0.25, -0.2) is 0 Å². The molecule has 0 fully saturated rings. The molecule has 1 amide bonds. The number of nitrogens with one attached hydrogen (secondary N) is 1. The molecule has 98 valence electrons. The predicted octanol–water partition coefficient (Wildman–Crippen LogP) is 2.83. The molecule has 1 N–H and O–H groups in total. The van der Waals surface area contributed by atoms with Crippen LogP contribution in [0, 0.1) is 5.92 Å². The summed E-state index contributed by atoms with van der Waals surface area (Å²) in [6.07, 6.45) is 1.40. The second-order valence-corrected chi connectivity index (χ2v) is 4.86. The van der Waals surface area contributed by atoms with Gasteiger partial charge in [0, 0.05) is 24.6 Å². The van der Waals surface area contributed by atoms with Gasteiger partial charge in [0.25, 0.3) is 0 Å². The maximum atomic E-state index is 11.7. The van der Waals surface area contributed by atoms with Crippen molar-refractivity contribution in [2.45, 2.75) is 26.7 Å². The van der Waals surface area contributed by atoms with Crippen LogP contribution in [-0.4, -0.2) is 19.1 Å². The molecule has 1 aliphatic rings. The van der Waals surface area contributed by atoms with Crippen LogP contribution in [0.4, 0.5) is 5.69 Å². The van der Waals surface area contributed by atoms with Gasteiger partial charge in [-0.1, -0.05) is 13.8 Å². The third-order valence-electron chi connectivity index (χ3n) is 2.62. The number of benzene rings is 1. The van der Waals surface area contributed by atoms with E-state index in [1.165, 1.54) is 0 Å². The fourth-order valence-corrected chi connectivity index (χ4v) is 1.82. The van der Waals surface area contributed by atoms with Crippen LogP contribution in [0.2, 0.25) is 0 Å². The number of rotatable bonds is 3. The van der Waals surface area contributed by atoms with E-state index in [1.54, 1.807) is 0 Å². The minimum Gasteiger partial charge on any atom is -0.490 e. The lowest BCUT2D eigenvalue weighted by molar-refractivity contribution is -0.116. The molecule has 1 aliphatic heterocycles. The largest absolute Gasteiger partial charge is 0.490 e. The Morgan fingerprint density at radius 2 is 2.00 bits per heavy atom. The number of hydrogen-bond acceptors (Lipinski definition) is 3. The van der Waals surface area contributed by atoms with Crippen molar-refractivity contribution in [3.8, 4) is 11.5 Å². The smallest absolute Gasteiger partial charge is 0.224 e. The fraction of sp³-hybridized carbons (Fsp3) is 0.500. The van der Waals surface area contributed by atoms with E-state index in [4.69, 9.17) is 9.47 Å². The molecule has 1 aromatic rings. The number of carbonyl (C=O) groups is 1. The molecule has 0 radical (unpaired) electrons. The zero-order chi connectivity index (χ0) is 13.0. The zero-order valence-corrected chi connectivity index (χ0v) is 10.9. The molecule has 0 spiro atoms. The Bertz CT molecular complexity index is 429. The Kier molecular flexibility index (Phi) is 4.07. The van der Waals surface area contributed by atoms with Crippen molar-refractivity contribution in [1.82, 2.24) is 0 Å². The summed E-state index contributed by atoms with van der Waals surface area (Å²) in [7, 11) is 0. The van der Waals surface area contributed by atoms with E-state index in [0.717, 1.165) is 17.9 Å². The van der Waals surface area contributed by atoms with Crippen molar-refractivity contribution in [2.75, 3.05) is 18.5 Å². The molecule has 0 saturated carbocycles. The highest BCUT2D eigenvalue weighted by Gasteiger charge is 2.12. The Labute approximate surface area is 107 Å². The summed E-state index contributed by atoms with van der Waals surface area (Å²) >= 11 is 0. The topological polar surface area (TPSA) is 47.6 Å². The van der Waals surface area contributed by atoms with E-state index >= 15 is 0 Å². The number of anilines is 1. The summed E-state index contributed by atoms with van der Waals surface area (Å²) in [5.74, 6) is 1.83. The molecule has 1 heterocycles. The number of ether oxygens (including phenoxy) is 2. The van der Waals surface area contributed by atoms with Crippen molar-refractivity contribution in [2.24, 2.45) is 5.92 Å². The highest BCUT2D eigenvalue weighted by molar-refractivity contribution is 5.91. The first-order valence-corrected chi connectivity index (χ1v) is 6.34. The summed E-state index contributed by atoms with van der Waals surface area (Å²) < 4.78 is 11.1. The Morgan fingerprint density at radius 1 is 1.28 bits per heavy atom. The van der Waals surface area contributed by atoms with Crippen molar-refractivity contribution < 1.29 is 14.3 Å². The highest BCUT2D eigenvalue weighted by atomic mass is 16.5. The van der Waals surface area contributed by atoms with Gasteiger partial charge in [0.1, 0.15) is 0 Å². The van der Waals surface area contributed by atoms with Crippen molar-refractivity contribution in [3.05, 3.63) is 18.2 Å². The first-order chi connectivity index (χ1) is 8.65. The molecule has 0 atom stereocenters. The molecule has 0 aliphatic carbocycles. The second-order valence-electron chi connectivity index (χ2n) is 4.86. The van der Waals surface area contributed by atoms with Gasteiger partial charge in [-0.15, -0.1) is 0 Å². The second kappa shape index (κ2) is 5.76. The van der Waals surface area contributed by atoms with Crippen molar-refractivity contribution in [3.63, 3.8) is 0 Å². The van der Waals surface area contributed by atoms with Crippen molar-refractivity contribution >= 4 is 11.6 Å². The molecule has 0 aromatic heterocycles. The minimum absolute atomic E-state index is 0.0273. The first kappa shape index (κ1) is 12.7. The molecule has 0 unspecified atom stereocenters. The van der Waals surface area contributed by atoms with Gasteiger partial charge in [0.05, 0.1) is 13.2 Å². The van der Waals surface area contributed by atoms with E-state index in [-0.39, 0.29) is 5.91 Å². The van der Waals surface area contributed by atoms with Crippen LogP contribution in [0.3, 0.4) is 0 Å². The average Bonchev–Trinajstić information content (AvgIpc) is 2.52. The quantitative estimate of drug-likeness (QED) is 0.896. The van der Waals surface area contributed by atoms with Crippen molar-refractivity contribution in [1.29, 1.82) is 0 Å². The standard InChI is InChI=1S/C14H19NO3/c1-10(2)8-14(16)15-11-4-5-12-13(9-11)18-7-3-6-17-12/h4-5,9-10H,3,6-8H2,1-2H3,(H,15,16). The van der Waals surface area contributed by atoms with E-state index in [1.807, 2.05) is 32.0 Å². The number of amides is 1. The highest BCUT2D eigenvalue weighted by Crippen LogP contribution is 2.32. The summed E-state index contributed by atoms with van der Waals surface area (Å²) in [5.41, 5.74) is 0.755. The van der Waals surface area contributed by atoms with Crippen LogP contribution in [0.1, 0.15) is 26.7 Å². The summed E-state index contributed by atoms with van der Waals surface area (Å²) in [5, 5.41) is 2.87. The Hall–Kier alpha value is -1.71. The monoisotopic (exact) mass is 249 g/mol. The summed E-state index contributed by atoms with van der Waals surface area (Å²) in [6, 6.07) is 5.50. The van der Waals surface area contributed by atoms with E-state index < -0.39 is 0 Å².